The maximum Gasteiger partial charge on any atom is 0.278 e. The van der Waals surface area contributed by atoms with Crippen LogP contribution in [0, 0.1) is 0 Å². The summed E-state index contributed by atoms with van der Waals surface area (Å²) in [5.41, 5.74) is 2.54. The van der Waals surface area contributed by atoms with Crippen molar-refractivity contribution in [3.63, 3.8) is 0 Å². The van der Waals surface area contributed by atoms with Crippen molar-refractivity contribution in [3.8, 4) is 11.5 Å². The standard InChI is InChI=1S/C25H21ClN2O4/c1-31-20-13-12-19(14-21(20)32-2)27-23-22(17-8-10-18(26)11-9-17)24(29)28(25(23)30)15-16-6-4-3-5-7-16/h3-14,27H,15H2,1-2H3. The summed E-state index contributed by atoms with van der Waals surface area (Å²) in [6, 6.07) is 21.4. The quantitative estimate of drug-likeness (QED) is 0.528. The number of carbonyl (C=O) groups excluding carboxylic acids is 2. The van der Waals surface area contributed by atoms with E-state index in [2.05, 4.69) is 5.32 Å². The number of amides is 2. The van der Waals surface area contributed by atoms with E-state index in [4.69, 9.17) is 21.1 Å². The van der Waals surface area contributed by atoms with E-state index >= 15 is 0 Å². The molecule has 1 aliphatic heterocycles. The van der Waals surface area contributed by atoms with Crippen molar-refractivity contribution >= 4 is 34.7 Å². The number of imide groups is 1. The number of hydrogen-bond donors (Lipinski definition) is 1. The largest absolute Gasteiger partial charge is 0.493 e. The highest BCUT2D eigenvalue weighted by Crippen LogP contribution is 2.35. The summed E-state index contributed by atoms with van der Waals surface area (Å²) in [5, 5.41) is 3.67. The number of carbonyl (C=O) groups is 2. The predicted octanol–water partition coefficient (Wildman–Crippen LogP) is 4.75. The topological polar surface area (TPSA) is 67.9 Å². The molecule has 0 fully saturated rings. The van der Waals surface area contributed by atoms with E-state index in [0.29, 0.717) is 27.8 Å². The summed E-state index contributed by atoms with van der Waals surface area (Å²) in [4.78, 5) is 28.0. The number of benzene rings is 3. The summed E-state index contributed by atoms with van der Waals surface area (Å²) >= 11 is 6.03. The van der Waals surface area contributed by atoms with Gasteiger partial charge in [0.15, 0.2) is 11.5 Å². The lowest BCUT2D eigenvalue weighted by Gasteiger charge is -2.16. The number of rotatable bonds is 7. The minimum atomic E-state index is -0.404. The molecule has 3 aromatic carbocycles. The van der Waals surface area contributed by atoms with E-state index in [1.54, 1.807) is 49.6 Å². The van der Waals surface area contributed by atoms with Crippen LogP contribution in [-0.2, 0) is 16.1 Å². The highest BCUT2D eigenvalue weighted by Gasteiger charge is 2.39. The summed E-state index contributed by atoms with van der Waals surface area (Å²) in [6.07, 6.45) is 0. The van der Waals surface area contributed by atoms with E-state index in [0.717, 1.165) is 5.56 Å². The predicted molar refractivity (Wildman–Crippen MR) is 124 cm³/mol. The Hall–Kier alpha value is -3.77. The SMILES string of the molecule is COc1ccc(NC2=C(c3ccc(Cl)cc3)C(=O)N(Cc3ccccc3)C2=O)cc1OC. The lowest BCUT2D eigenvalue weighted by Crippen LogP contribution is -2.31. The Labute approximate surface area is 191 Å². The summed E-state index contributed by atoms with van der Waals surface area (Å²) in [7, 11) is 3.08. The second kappa shape index (κ2) is 9.16. The highest BCUT2D eigenvalue weighted by atomic mass is 35.5. The lowest BCUT2D eigenvalue weighted by atomic mass is 10.0. The van der Waals surface area contributed by atoms with Crippen LogP contribution >= 0.6 is 11.6 Å². The molecular formula is C25H21ClN2O4. The zero-order valence-electron chi connectivity index (χ0n) is 17.6. The van der Waals surface area contributed by atoms with Gasteiger partial charge in [0.1, 0.15) is 5.70 Å². The van der Waals surface area contributed by atoms with Gasteiger partial charge in [-0.1, -0.05) is 54.1 Å². The molecule has 2 amide bonds. The third kappa shape index (κ3) is 4.18. The fourth-order valence-corrected chi connectivity index (χ4v) is 3.67. The Balaban J connectivity index is 1.74. The zero-order chi connectivity index (χ0) is 22.7. The molecule has 0 bridgehead atoms. The molecule has 0 saturated heterocycles. The van der Waals surface area contributed by atoms with Gasteiger partial charge < -0.3 is 14.8 Å². The van der Waals surface area contributed by atoms with Crippen LogP contribution in [0.1, 0.15) is 11.1 Å². The number of anilines is 1. The first-order valence-corrected chi connectivity index (χ1v) is 10.3. The van der Waals surface area contributed by atoms with E-state index in [1.165, 1.54) is 12.0 Å². The van der Waals surface area contributed by atoms with Crippen LogP contribution in [0.3, 0.4) is 0 Å². The first-order valence-electron chi connectivity index (χ1n) is 9.91. The molecule has 0 aromatic heterocycles. The van der Waals surface area contributed by atoms with Crippen molar-refractivity contribution in [1.82, 2.24) is 4.90 Å². The van der Waals surface area contributed by atoms with Crippen molar-refractivity contribution < 1.29 is 19.1 Å². The Morgan fingerprint density at radius 1 is 0.844 bits per heavy atom. The van der Waals surface area contributed by atoms with Crippen molar-refractivity contribution in [2.45, 2.75) is 6.54 Å². The fraction of sp³-hybridized carbons (Fsp3) is 0.120. The van der Waals surface area contributed by atoms with Gasteiger partial charge in [-0.2, -0.15) is 0 Å². The fourth-order valence-electron chi connectivity index (χ4n) is 3.54. The lowest BCUT2D eigenvalue weighted by molar-refractivity contribution is -0.137. The highest BCUT2D eigenvalue weighted by molar-refractivity contribution is 6.36. The molecule has 0 saturated carbocycles. The van der Waals surface area contributed by atoms with Crippen LogP contribution in [0.2, 0.25) is 5.02 Å². The second-order valence-corrected chi connectivity index (χ2v) is 7.57. The molecule has 6 nitrogen and oxygen atoms in total. The van der Waals surface area contributed by atoms with Gasteiger partial charge in [0, 0.05) is 16.8 Å². The molecular weight excluding hydrogens is 428 g/mol. The van der Waals surface area contributed by atoms with Gasteiger partial charge in [0.25, 0.3) is 11.8 Å². The molecule has 0 atom stereocenters. The molecule has 3 aromatic rings. The number of halogens is 1. The number of methoxy groups -OCH3 is 2. The van der Waals surface area contributed by atoms with Gasteiger partial charge in [-0.05, 0) is 35.4 Å². The van der Waals surface area contributed by atoms with Gasteiger partial charge in [-0.3, -0.25) is 14.5 Å². The number of nitrogens with zero attached hydrogens (tertiary/aromatic N) is 1. The van der Waals surface area contributed by atoms with Gasteiger partial charge in [0.2, 0.25) is 0 Å². The minimum absolute atomic E-state index is 0.173. The molecule has 1 aliphatic rings. The number of hydrogen-bond acceptors (Lipinski definition) is 5. The molecule has 0 unspecified atom stereocenters. The van der Waals surface area contributed by atoms with Crippen LogP contribution in [0.15, 0.2) is 78.5 Å². The van der Waals surface area contributed by atoms with Crippen LogP contribution in [-0.4, -0.2) is 30.9 Å². The number of ether oxygens (including phenoxy) is 2. The Morgan fingerprint density at radius 2 is 1.53 bits per heavy atom. The van der Waals surface area contributed by atoms with Crippen LogP contribution in [0.4, 0.5) is 5.69 Å². The first-order chi connectivity index (χ1) is 15.5. The zero-order valence-corrected chi connectivity index (χ0v) is 18.3. The van der Waals surface area contributed by atoms with Crippen LogP contribution in [0.5, 0.6) is 11.5 Å². The van der Waals surface area contributed by atoms with Crippen molar-refractivity contribution in [2.75, 3.05) is 19.5 Å². The average Bonchev–Trinajstić information content (AvgIpc) is 3.04. The summed E-state index contributed by atoms with van der Waals surface area (Å²) in [5.74, 6) is 0.288. The van der Waals surface area contributed by atoms with E-state index in [9.17, 15) is 9.59 Å². The van der Waals surface area contributed by atoms with Crippen molar-refractivity contribution in [3.05, 3.63) is 94.6 Å². The molecule has 0 radical (unpaired) electrons. The number of nitrogens with one attached hydrogen (secondary N) is 1. The maximum absolute atomic E-state index is 13.4. The van der Waals surface area contributed by atoms with Crippen molar-refractivity contribution in [1.29, 1.82) is 0 Å². The molecule has 4 rings (SSSR count). The normalized spacial score (nSPS) is 13.5. The Morgan fingerprint density at radius 3 is 2.19 bits per heavy atom. The van der Waals surface area contributed by atoms with E-state index < -0.39 is 5.91 Å². The average molecular weight is 449 g/mol. The molecule has 0 spiro atoms. The van der Waals surface area contributed by atoms with Crippen LogP contribution in [0.25, 0.3) is 5.57 Å². The first kappa shape index (κ1) is 21.5. The monoisotopic (exact) mass is 448 g/mol. The molecule has 32 heavy (non-hydrogen) atoms. The molecule has 0 aliphatic carbocycles. The Bertz CT molecular complexity index is 1190. The summed E-state index contributed by atoms with van der Waals surface area (Å²) < 4.78 is 10.6. The molecule has 1 heterocycles. The van der Waals surface area contributed by atoms with Gasteiger partial charge in [-0.15, -0.1) is 0 Å². The van der Waals surface area contributed by atoms with Gasteiger partial charge in [0.05, 0.1) is 26.3 Å². The van der Waals surface area contributed by atoms with E-state index in [1.807, 2.05) is 30.3 Å². The van der Waals surface area contributed by atoms with Gasteiger partial charge in [-0.25, -0.2) is 0 Å². The molecule has 1 N–H and O–H groups in total. The maximum atomic E-state index is 13.4. The molecule has 162 valence electrons. The second-order valence-electron chi connectivity index (χ2n) is 7.13. The smallest absolute Gasteiger partial charge is 0.278 e. The van der Waals surface area contributed by atoms with Crippen LogP contribution < -0.4 is 14.8 Å². The van der Waals surface area contributed by atoms with E-state index in [-0.39, 0.29) is 23.7 Å². The minimum Gasteiger partial charge on any atom is -0.493 e. The third-order valence-electron chi connectivity index (χ3n) is 5.14. The van der Waals surface area contributed by atoms with Crippen molar-refractivity contribution in [2.24, 2.45) is 0 Å². The molecule has 7 heteroatoms. The van der Waals surface area contributed by atoms with Gasteiger partial charge >= 0.3 is 0 Å². The third-order valence-corrected chi connectivity index (χ3v) is 5.39. The summed E-state index contributed by atoms with van der Waals surface area (Å²) in [6.45, 7) is 0.173. The Kier molecular flexibility index (Phi) is 6.14.